The first-order valence-corrected chi connectivity index (χ1v) is 16.0. The summed E-state index contributed by atoms with van der Waals surface area (Å²) >= 11 is 11.8. The molecule has 2 aromatic heterocycles. The van der Waals surface area contributed by atoms with Crippen molar-refractivity contribution in [3.63, 3.8) is 0 Å². The third-order valence-electron chi connectivity index (χ3n) is 10.2. The number of ketones is 2. The Bertz CT molecular complexity index is 1520. The average Bonchev–Trinajstić information content (AvgIpc) is 3.36. The van der Waals surface area contributed by atoms with Gasteiger partial charge in [0.05, 0.1) is 24.0 Å². The molecule has 0 spiro atoms. The molecule has 6 atom stereocenters. The van der Waals surface area contributed by atoms with Crippen LogP contribution in [-0.2, 0) is 9.59 Å². The largest absolute Gasteiger partial charge is 0.387 e. The van der Waals surface area contributed by atoms with E-state index in [2.05, 4.69) is 30.7 Å². The molecule has 6 rings (SSSR count). The van der Waals surface area contributed by atoms with Gasteiger partial charge in [-0.25, -0.2) is 9.97 Å². The van der Waals surface area contributed by atoms with Gasteiger partial charge in [-0.05, 0) is 58.6 Å². The van der Waals surface area contributed by atoms with Gasteiger partial charge in [-0.2, -0.15) is 0 Å². The van der Waals surface area contributed by atoms with Crippen molar-refractivity contribution in [2.24, 2.45) is 16.7 Å². The summed E-state index contributed by atoms with van der Waals surface area (Å²) in [6.45, 7) is 6.67. The van der Waals surface area contributed by atoms with E-state index in [0.717, 1.165) is 12.8 Å². The number of rotatable bonds is 8. The number of halogens is 2. The minimum Gasteiger partial charge on any atom is -0.387 e. The molecule has 2 fully saturated rings. The van der Waals surface area contributed by atoms with Crippen molar-refractivity contribution >= 4 is 34.8 Å². The molecule has 2 heterocycles. The highest BCUT2D eigenvalue weighted by Gasteiger charge is 2.61. The fourth-order valence-electron chi connectivity index (χ4n) is 6.93. The molecule has 6 unspecified atom stereocenters. The van der Waals surface area contributed by atoms with E-state index in [-0.39, 0.29) is 26.9 Å². The number of carbonyl (C=O) groups is 2. The molecule has 2 aliphatic rings. The van der Waals surface area contributed by atoms with Crippen molar-refractivity contribution in [1.82, 2.24) is 9.97 Å². The molecule has 2 aliphatic carbocycles. The fraction of sp³-hybridized carbons (Fsp3) is 0.351. The summed E-state index contributed by atoms with van der Waals surface area (Å²) in [5.74, 6) is -1.09. The van der Waals surface area contributed by atoms with Crippen LogP contribution in [0.5, 0.6) is 0 Å². The van der Waals surface area contributed by atoms with E-state index in [1.165, 1.54) is 18.8 Å². The smallest absolute Gasteiger partial charge is 0.153 e. The molecule has 0 aliphatic heterocycles. The number of hydrogen-bond acceptors (Lipinski definition) is 6. The maximum Gasteiger partial charge on any atom is 0.153 e. The van der Waals surface area contributed by atoms with Crippen LogP contribution in [0, 0.1) is 16.7 Å². The highest BCUT2D eigenvalue weighted by atomic mass is 35.5. The molecular weight excluding hydrogens is 607 g/mol. The van der Waals surface area contributed by atoms with Gasteiger partial charge in [0.25, 0.3) is 0 Å². The first-order valence-electron chi connectivity index (χ1n) is 15.2. The van der Waals surface area contributed by atoms with Gasteiger partial charge in [0, 0.05) is 24.2 Å². The van der Waals surface area contributed by atoms with E-state index in [1.807, 2.05) is 12.1 Å². The highest BCUT2D eigenvalue weighted by Crippen LogP contribution is 2.63. The molecule has 2 bridgehead atoms. The van der Waals surface area contributed by atoms with Gasteiger partial charge in [0.1, 0.15) is 16.1 Å². The summed E-state index contributed by atoms with van der Waals surface area (Å²) in [5, 5.41) is 23.3. The van der Waals surface area contributed by atoms with Crippen LogP contribution in [-0.4, -0.2) is 31.7 Å². The maximum absolute atomic E-state index is 14.2. The third kappa shape index (κ3) is 6.61. The zero-order chi connectivity index (χ0) is 32.4. The Morgan fingerprint density at radius 3 is 1.47 bits per heavy atom. The first-order chi connectivity index (χ1) is 21.4. The minimum atomic E-state index is -1.21. The highest BCUT2D eigenvalue weighted by molar-refractivity contribution is 6.29. The molecule has 0 amide bonds. The van der Waals surface area contributed by atoms with Crippen molar-refractivity contribution in [2.45, 2.75) is 64.1 Å². The number of aliphatic hydroxyl groups is 2. The molecule has 45 heavy (non-hydrogen) atoms. The molecule has 2 aromatic carbocycles. The number of aliphatic hydroxyl groups excluding tert-OH is 2. The number of pyridine rings is 2. The number of carbonyl (C=O) groups excluding carboxylic acids is 2. The second-order valence-corrected chi connectivity index (χ2v) is 13.6. The summed E-state index contributed by atoms with van der Waals surface area (Å²) < 4.78 is 0. The van der Waals surface area contributed by atoms with Crippen LogP contribution in [0.25, 0.3) is 0 Å². The number of benzene rings is 2. The fourth-order valence-corrected chi connectivity index (χ4v) is 7.15. The topological polar surface area (TPSA) is 100 Å². The number of nitrogens with zero attached hydrogens (tertiary/aromatic N) is 2. The molecule has 0 radical (unpaired) electrons. The lowest BCUT2D eigenvalue weighted by Gasteiger charge is -2.32. The number of hydrogen-bond donors (Lipinski definition) is 2. The van der Waals surface area contributed by atoms with E-state index in [0.29, 0.717) is 34.0 Å². The van der Waals surface area contributed by atoms with Crippen molar-refractivity contribution in [3.05, 3.63) is 130 Å². The SMILES string of the molecule is CC12CCC(CC1=O)C2(C)C.O=C(C(c1ccccc1)C(O)c1ccc(Cl)nc1)C(c1ccccc1)C(O)c1ccc(Cl)nc1. The Balaban J connectivity index is 0.000000304. The van der Waals surface area contributed by atoms with Crippen LogP contribution < -0.4 is 0 Å². The molecule has 4 aromatic rings. The molecule has 8 heteroatoms. The number of Topliss-reactive ketones (excluding diaryl/α,β-unsaturated/α-hetero) is 2. The van der Waals surface area contributed by atoms with E-state index in [4.69, 9.17) is 23.2 Å². The zero-order valence-electron chi connectivity index (χ0n) is 25.6. The second kappa shape index (κ2) is 13.5. The van der Waals surface area contributed by atoms with Gasteiger partial charge in [-0.3, -0.25) is 9.59 Å². The van der Waals surface area contributed by atoms with Crippen LogP contribution in [0.4, 0.5) is 0 Å². The van der Waals surface area contributed by atoms with Crippen LogP contribution in [0.3, 0.4) is 0 Å². The number of fused-ring (bicyclic) bond motifs is 2. The molecule has 6 nitrogen and oxygen atoms in total. The number of aromatic nitrogens is 2. The lowest BCUT2D eigenvalue weighted by atomic mass is 9.70. The predicted octanol–water partition coefficient (Wildman–Crippen LogP) is 8.09. The van der Waals surface area contributed by atoms with E-state index in [9.17, 15) is 19.8 Å². The quantitative estimate of drug-likeness (QED) is 0.188. The van der Waals surface area contributed by atoms with E-state index < -0.39 is 24.0 Å². The minimum absolute atomic E-state index is 0.0255. The van der Waals surface area contributed by atoms with Gasteiger partial charge in [-0.1, -0.05) is 117 Å². The Hall–Kier alpha value is -3.42. The van der Waals surface area contributed by atoms with E-state index >= 15 is 0 Å². The summed E-state index contributed by atoms with van der Waals surface area (Å²) in [5.41, 5.74) is 2.44. The summed E-state index contributed by atoms with van der Waals surface area (Å²) in [6.07, 6.45) is 3.74. The molecular formula is C37H38Cl2N2O4. The zero-order valence-corrected chi connectivity index (χ0v) is 27.1. The molecule has 234 valence electrons. The van der Waals surface area contributed by atoms with Crippen LogP contribution in [0.1, 0.15) is 86.3 Å². The first kappa shape index (κ1) is 33.0. The standard InChI is InChI=1S/C27H22Cl2N2O3.C10H16O/c28-21-13-11-19(15-30-21)25(32)23(17-7-3-1-4-8-17)27(34)24(18-9-5-2-6-10-18)26(33)20-12-14-22(29)31-16-20;1-9(2)7-4-5-10(9,3)8(11)6-7/h1-16,23-26,32-33H;7H,4-6H2,1-3H3. The lowest BCUT2D eigenvalue weighted by Crippen LogP contribution is -2.32. The van der Waals surface area contributed by atoms with Crippen LogP contribution in [0.15, 0.2) is 97.3 Å². The summed E-state index contributed by atoms with van der Waals surface area (Å²) in [4.78, 5) is 33.9. The van der Waals surface area contributed by atoms with Gasteiger partial charge in [0.2, 0.25) is 0 Å². The Morgan fingerprint density at radius 1 is 0.733 bits per heavy atom. The normalized spacial score (nSPS) is 22.6. The second-order valence-electron chi connectivity index (χ2n) is 12.8. The average molecular weight is 646 g/mol. The van der Waals surface area contributed by atoms with Gasteiger partial charge < -0.3 is 10.2 Å². The molecule has 2 N–H and O–H groups in total. The van der Waals surface area contributed by atoms with Crippen molar-refractivity contribution in [1.29, 1.82) is 0 Å². The van der Waals surface area contributed by atoms with Crippen molar-refractivity contribution < 1.29 is 19.8 Å². The molecule has 2 saturated carbocycles. The molecule has 0 saturated heterocycles. The van der Waals surface area contributed by atoms with Crippen LogP contribution >= 0.6 is 23.2 Å². The van der Waals surface area contributed by atoms with Gasteiger partial charge in [-0.15, -0.1) is 0 Å². The van der Waals surface area contributed by atoms with E-state index in [1.54, 1.807) is 72.8 Å². The lowest BCUT2D eigenvalue weighted by molar-refractivity contribution is -0.128. The third-order valence-corrected chi connectivity index (χ3v) is 10.7. The summed E-state index contributed by atoms with van der Waals surface area (Å²) in [7, 11) is 0. The predicted molar refractivity (Wildman–Crippen MR) is 176 cm³/mol. The Morgan fingerprint density at radius 2 is 1.18 bits per heavy atom. The van der Waals surface area contributed by atoms with Crippen molar-refractivity contribution in [3.8, 4) is 0 Å². The maximum atomic E-state index is 14.2. The monoisotopic (exact) mass is 644 g/mol. The van der Waals surface area contributed by atoms with Crippen LogP contribution in [0.2, 0.25) is 10.3 Å². The van der Waals surface area contributed by atoms with Gasteiger partial charge >= 0.3 is 0 Å². The Kier molecular flexibility index (Phi) is 9.90. The van der Waals surface area contributed by atoms with Gasteiger partial charge in [0.15, 0.2) is 5.78 Å². The van der Waals surface area contributed by atoms with Crippen molar-refractivity contribution in [2.75, 3.05) is 0 Å². The summed E-state index contributed by atoms with van der Waals surface area (Å²) in [6, 6.07) is 24.4. The Labute approximate surface area is 274 Å².